The Morgan fingerprint density at radius 2 is 1.86 bits per heavy atom. The van der Waals surface area contributed by atoms with Crippen molar-refractivity contribution in [3.05, 3.63) is 94.4 Å². The number of nitrogen functional groups attached to an aromatic ring is 1. The van der Waals surface area contributed by atoms with Crippen LogP contribution in [-0.2, 0) is 5.41 Å². The molecule has 29 heavy (non-hydrogen) atoms. The predicted octanol–water partition coefficient (Wildman–Crippen LogP) is 4.90. The molecule has 0 bridgehead atoms. The molecule has 0 saturated carbocycles. The molecule has 0 unspecified atom stereocenters. The van der Waals surface area contributed by atoms with Gasteiger partial charge in [0, 0.05) is 16.7 Å². The van der Waals surface area contributed by atoms with Gasteiger partial charge in [-0.05, 0) is 52.8 Å². The Bertz CT molecular complexity index is 1150. The van der Waals surface area contributed by atoms with Crippen LogP contribution in [0.25, 0.3) is 5.57 Å². The third-order valence-electron chi connectivity index (χ3n) is 5.53. The maximum absolute atomic E-state index is 13.2. The lowest BCUT2D eigenvalue weighted by atomic mass is 9.72. The second kappa shape index (κ2) is 6.78. The molecule has 2 aromatic carbocycles. The Morgan fingerprint density at radius 1 is 1.10 bits per heavy atom. The second-order valence-electron chi connectivity index (χ2n) is 7.88. The molecule has 4 rings (SSSR count). The summed E-state index contributed by atoms with van der Waals surface area (Å²) in [5.74, 6) is -1.46. The van der Waals surface area contributed by atoms with E-state index in [1.807, 2.05) is 18.2 Å². The third-order valence-corrected chi connectivity index (χ3v) is 5.53. The average Bonchev–Trinajstić information content (AvgIpc) is 3.21. The lowest BCUT2D eigenvalue weighted by molar-refractivity contribution is 0.0698. The molecular weight excluding hydrogens is 366 g/mol. The maximum atomic E-state index is 13.2. The van der Waals surface area contributed by atoms with Crippen LogP contribution >= 0.6 is 0 Å². The van der Waals surface area contributed by atoms with Crippen LogP contribution in [0.5, 0.6) is 0 Å². The van der Waals surface area contributed by atoms with Gasteiger partial charge in [-0.1, -0.05) is 38.1 Å². The van der Waals surface area contributed by atoms with Gasteiger partial charge in [0.25, 0.3) is 0 Å². The molecular formula is C24H21NO4. The fourth-order valence-electron chi connectivity index (χ4n) is 3.87. The van der Waals surface area contributed by atoms with E-state index in [4.69, 9.17) is 10.2 Å². The van der Waals surface area contributed by atoms with Gasteiger partial charge >= 0.3 is 5.97 Å². The molecule has 0 spiro atoms. The van der Waals surface area contributed by atoms with Crippen molar-refractivity contribution in [3.63, 3.8) is 0 Å². The summed E-state index contributed by atoms with van der Waals surface area (Å²) in [5.41, 5.74) is 10.6. The first-order valence-electron chi connectivity index (χ1n) is 9.34. The van der Waals surface area contributed by atoms with Crippen LogP contribution in [0.15, 0.2) is 65.5 Å². The molecule has 1 aliphatic carbocycles. The smallest absolute Gasteiger partial charge is 0.337 e. The summed E-state index contributed by atoms with van der Waals surface area (Å²) in [6, 6.07) is 12.0. The van der Waals surface area contributed by atoms with E-state index in [-0.39, 0.29) is 28.0 Å². The number of nitrogens with two attached hydrogens (primary N) is 1. The summed E-state index contributed by atoms with van der Waals surface area (Å²) in [4.78, 5) is 24.5. The van der Waals surface area contributed by atoms with Gasteiger partial charge in [0.1, 0.15) is 0 Å². The van der Waals surface area contributed by atoms with E-state index in [9.17, 15) is 14.7 Å². The second-order valence-corrected chi connectivity index (χ2v) is 7.88. The molecule has 5 heteroatoms. The normalized spacial score (nSPS) is 14.8. The number of carboxylic acid groups (broad SMARTS) is 1. The molecule has 3 N–H and O–H groups in total. The Labute approximate surface area is 168 Å². The van der Waals surface area contributed by atoms with Crippen LogP contribution < -0.4 is 5.73 Å². The van der Waals surface area contributed by atoms with Crippen LogP contribution in [0.2, 0.25) is 0 Å². The van der Waals surface area contributed by atoms with Crippen molar-refractivity contribution in [1.82, 2.24) is 0 Å². The highest BCUT2D eigenvalue weighted by Crippen LogP contribution is 2.42. The number of hydrogen-bond donors (Lipinski definition) is 2. The Hall–Kier alpha value is -3.60. The monoisotopic (exact) mass is 387 g/mol. The quantitative estimate of drug-likeness (QED) is 0.490. The number of carbonyl (C=O) groups is 2. The molecule has 0 amide bonds. The van der Waals surface area contributed by atoms with E-state index in [1.165, 1.54) is 12.1 Å². The predicted molar refractivity (Wildman–Crippen MR) is 111 cm³/mol. The largest absolute Gasteiger partial charge is 0.478 e. The van der Waals surface area contributed by atoms with Gasteiger partial charge < -0.3 is 15.3 Å². The number of fused-ring (bicyclic) bond motifs is 1. The Morgan fingerprint density at radius 3 is 2.55 bits per heavy atom. The van der Waals surface area contributed by atoms with Crippen LogP contribution in [0.1, 0.15) is 63.2 Å². The number of aromatic carboxylic acids is 1. The van der Waals surface area contributed by atoms with Gasteiger partial charge in [0.05, 0.1) is 23.8 Å². The average molecular weight is 387 g/mol. The number of allylic oxidation sites excluding steroid dienone is 1. The van der Waals surface area contributed by atoms with Gasteiger partial charge in [-0.15, -0.1) is 0 Å². The minimum atomic E-state index is -1.16. The van der Waals surface area contributed by atoms with Gasteiger partial charge in [-0.2, -0.15) is 0 Å². The molecule has 3 aromatic rings. The van der Waals surface area contributed by atoms with Crippen LogP contribution in [0, 0.1) is 0 Å². The van der Waals surface area contributed by atoms with Crippen molar-refractivity contribution in [3.8, 4) is 0 Å². The number of ketones is 1. The minimum absolute atomic E-state index is 0.0198. The summed E-state index contributed by atoms with van der Waals surface area (Å²) in [7, 11) is 0. The van der Waals surface area contributed by atoms with Crippen LogP contribution in [0.4, 0.5) is 5.69 Å². The molecule has 1 heterocycles. The Balaban J connectivity index is 1.83. The number of anilines is 1. The first-order chi connectivity index (χ1) is 13.8. The van der Waals surface area contributed by atoms with Crippen molar-refractivity contribution in [2.45, 2.75) is 25.7 Å². The summed E-state index contributed by atoms with van der Waals surface area (Å²) in [6.45, 7) is 4.34. The molecule has 5 nitrogen and oxygen atoms in total. The highest BCUT2D eigenvalue weighted by Gasteiger charge is 2.30. The van der Waals surface area contributed by atoms with Crippen molar-refractivity contribution >= 4 is 23.0 Å². The fourth-order valence-corrected chi connectivity index (χ4v) is 3.87. The van der Waals surface area contributed by atoms with E-state index in [0.717, 1.165) is 28.7 Å². The van der Waals surface area contributed by atoms with E-state index in [1.54, 1.807) is 24.7 Å². The topological polar surface area (TPSA) is 93.5 Å². The van der Waals surface area contributed by atoms with E-state index in [0.29, 0.717) is 5.56 Å². The van der Waals surface area contributed by atoms with Gasteiger partial charge in [-0.25, -0.2) is 4.79 Å². The van der Waals surface area contributed by atoms with Gasteiger partial charge in [-0.3, -0.25) is 4.79 Å². The molecule has 0 saturated heterocycles. The number of para-hydroxylation sites is 1. The summed E-state index contributed by atoms with van der Waals surface area (Å²) in [6.07, 6.45) is 6.36. The minimum Gasteiger partial charge on any atom is -0.478 e. The van der Waals surface area contributed by atoms with Crippen LogP contribution in [0.3, 0.4) is 0 Å². The Kier molecular flexibility index (Phi) is 4.38. The zero-order chi connectivity index (χ0) is 20.8. The number of carbonyl (C=O) groups excluding carboxylic acids is 1. The highest BCUT2D eigenvalue weighted by atomic mass is 16.4. The lowest BCUT2D eigenvalue weighted by Gasteiger charge is -2.32. The lowest BCUT2D eigenvalue weighted by Crippen LogP contribution is -2.22. The maximum Gasteiger partial charge on any atom is 0.337 e. The molecule has 0 fully saturated rings. The van der Waals surface area contributed by atoms with E-state index < -0.39 is 5.97 Å². The fraction of sp³-hybridized carbons (Fsp3) is 0.167. The van der Waals surface area contributed by atoms with E-state index >= 15 is 0 Å². The summed E-state index contributed by atoms with van der Waals surface area (Å²) in [5, 5.41) is 9.29. The van der Waals surface area contributed by atoms with Crippen LogP contribution in [-0.4, -0.2) is 16.9 Å². The summed E-state index contributed by atoms with van der Waals surface area (Å²) < 4.78 is 5.25. The molecule has 0 atom stereocenters. The molecule has 0 aliphatic heterocycles. The molecule has 146 valence electrons. The number of furan rings is 1. The highest BCUT2D eigenvalue weighted by molar-refractivity contribution is 6.14. The molecule has 1 aromatic heterocycles. The molecule has 1 aliphatic rings. The number of hydrogen-bond acceptors (Lipinski definition) is 4. The number of carboxylic acids is 1. The first kappa shape index (κ1) is 18.7. The zero-order valence-electron chi connectivity index (χ0n) is 16.2. The van der Waals surface area contributed by atoms with Crippen molar-refractivity contribution < 1.29 is 19.1 Å². The first-order valence-corrected chi connectivity index (χ1v) is 9.34. The van der Waals surface area contributed by atoms with E-state index in [2.05, 4.69) is 19.9 Å². The summed E-state index contributed by atoms with van der Waals surface area (Å²) >= 11 is 0. The standard InChI is InChI=1S/C24H21NO4/c1-24(2)10-8-16(15-9-11-29-13-15)19-12-14(6-7-20(19)24)22(26)17-4-3-5-18(21(17)25)23(27)28/h3-9,11-13H,10,25H2,1-2H3,(H,27,28). The van der Waals surface area contributed by atoms with Gasteiger partial charge in [0.15, 0.2) is 5.78 Å². The van der Waals surface area contributed by atoms with Crippen molar-refractivity contribution in [1.29, 1.82) is 0 Å². The SMILES string of the molecule is CC1(C)CC=C(c2ccoc2)c2cc(C(=O)c3cccc(C(=O)O)c3N)ccc21. The third kappa shape index (κ3) is 3.14. The molecule has 0 radical (unpaired) electrons. The van der Waals surface area contributed by atoms with Gasteiger partial charge in [0.2, 0.25) is 0 Å². The van der Waals surface area contributed by atoms with Crippen molar-refractivity contribution in [2.24, 2.45) is 0 Å². The number of rotatable bonds is 4. The number of benzene rings is 2. The zero-order valence-corrected chi connectivity index (χ0v) is 16.2. The van der Waals surface area contributed by atoms with Crippen molar-refractivity contribution in [2.75, 3.05) is 5.73 Å².